The Morgan fingerprint density at radius 3 is 2.57 bits per heavy atom. The highest BCUT2D eigenvalue weighted by Crippen LogP contribution is 2.35. The van der Waals surface area contributed by atoms with Crippen LogP contribution >= 0.6 is 11.8 Å². The first-order valence-electron chi connectivity index (χ1n) is 7.50. The Kier molecular flexibility index (Phi) is 6.15. The summed E-state index contributed by atoms with van der Waals surface area (Å²) >= 11 is 0.646. The molecule has 2 rings (SSSR count). The van der Waals surface area contributed by atoms with Crippen LogP contribution in [0.15, 0.2) is 29.3 Å². The summed E-state index contributed by atoms with van der Waals surface area (Å²) in [5.74, 6) is -2.91. The number of nitrogens with zero attached hydrogens (tertiary/aromatic N) is 2. The van der Waals surface area contributed by atoms with E-state index < -0.39 is 40.5 Å². The van der Waals surface area contributed by atoms with Gasteiger partial charge in [0.15, 0.2) is 0 Å². The lowest BCUT2D eigenvalue weighted by molar-refractivity contribution is -0.138. The third-order valence-corrected chi connectivity index (χ3v) is 4.36. The first-order valence-corrected chi connectivity index (χ1v) is 8.49. The largest absolute Gasteiger partial charge is 0.507 e. The van der Waals surface area contributed by atoms with E-state index >= 15 is 0 Å². The maximum atomic E-state index is 13.1. The van der Waals surface area contributed by atoms with Gasteiger partial charge in [-0.05, 0) is 31.2 Å². The molecule has 0 unspecified atom stereocenters. The minimum atomic E-state index is -4.74. The first kappa shape index (κ1) is 21.0. The average molecular weight is 411 g/mol. The highest BCUT2D eigenvalue weighted by molar-refractivity contribution is 8.00. The molecule has 11 heteroatoms. The lowest BCUT2D eigenvalue weighted by Gasteiger charge is -2.13. The summed E-state index contributed by atoms with van der Waals surface area (Å²) in [5.41, 5.74) is -2.11. The lowest BCUT2D eigenvalue weighted by atomic mass is 10.1. The van der Waals surface area contributed by atoms with E-state index in [2.05, 4.69) is 10.3 Å². The average Bonchev–Trinajstić information content (AvgIpc) is 2.60. The van der Waals surface area contributed by atoms with Crippen LogP contribution in [-0.4, -0.2) is 32.8 Å². The van der Waals surface area contributed by atoms with Crippen molar-refractivity contribution >= 4 is 29.3 Å². The van der Waals surface area contributed by atoms with Gasteiger partial charge in [0.05, 0.1) is 16.9 Å². The molecule has 0 aliphatic rings. The van der Waals surface area contributed by atoms with Crippen molar-refractivity contribution in [2.75, 3.05) is 11.1 Å². The Morgan fingerprint density at radius 1 is 1.32 bits per heavy atom. The smallest absolute Gasteiger partial charge is 0.417 e. The molecule has 3 N–H and O–H groups in total. The van der Waals surface area contributed by atoms with Crippen LogP contribution in [0.2, 0.25) is 0 Å². The summed E-state index contributed by atoms with van der Waals surface area (Å²) in [6, 6.07) is 5.60. The van der Waals surface area contributed by atoms with Gasteiger partial charge in [0.2, 0.25) is 5.91 Å². The molecule has 1 heterocycles. The number of amides is 1. The van der Waals surface area contributed by atoms with E-state index in [1.165, 1.54) is 19.1 Å². The van der Waals surface area contributed by atoms with Crippen LogP contribution in [-0.2, 0) is 11.0 Å². The fraction of sp³-hybridized carbons (Fsp3) is 0.176. The van der Waals surface area contributed by atoms with Gasteiger partial charge in [0.1, 0.15) is 22.4 Å². The number of hydrogen-bond donors (Lipinski definition) is 3. The SMILES string of the molecule is Cc1cc(C(F)(F)F)c(C#N)c(SCC(=O)Nc2ccc(O)c(C(=O)O)c2)n1. The number of anilines is 1. The summed E-state index contributed by atoms with van der Waals surface area (Å²) in [6.45, 7) is 1.34. The van der Waals surface area contributed by atoms with Gasteiger partial charge in [-0.3, -0.25) is 4.79 Å². The number of carboxylic acid groups (broad SMARTS) is 1. The Morgan fingerprint density at radius 2 is 2.00 bits per heavy atom. The van der Waals surface area contributed by atoms with Crippen LogP contribution in [0, 0.1) is 18.3 Å². The molecule has 0 saturated carbocycles. The molecular weight excluding hydrogens is 399 g/mol. The number of benzene rings is 1. The number of nitriles is 1. The van der Waals surface area contributed by atoms with Gasteiger partial charge in [-0.1, -0.05) is 11.8 Å². The minimum absolute atomic E-state index is 0.0406. The number of thioether (sulfide) groups is 1. The summed E-state index contributed by atoms with van der Waals surface area (Å²) in [6.07, 6.45) is -4.74. The topological polar surface area (TPSA) is 123 Å². The van der Waals surface area contributed by atoms with Crippen molar-refractivity contribution in [2.45, 2.75) is 18.1 Å². The Balaban J connectivity index is 2.18. The van der Waals surface area contributed by atoms with E-state index in [0.717, 1.165) is 18.2 Å². The number of rotatable bonds is 5. The van der Waals surface area contributed by atoms with Crippen molar-refractivity contribution < 1.29 is 33.0 Å². The Labute approximate surface area is 160 Å². The number of carbonyl (C=O) groups excluding carboxylic acids is 1. The highest BCUT2D eigenvalue weighted by atomic mass is 32.2. The van der Waals surface area contributed by atoms with Crippen LogP contribution in [0.4, 0.5) is 18.9 Å². The lowest BCUT2D eigenvalue weighted by Crippen LogP contribution is -2.15. The van der Waals surface area contributed by atoms with E-state index in [9.17, 15) is 27.9 Å². The second-order valence-corrected chi connectivity index (χ2v) is 6.44. The molecule has 0 spiro atoms. The molecule has 1 aromatic heterocycles. The van der Waals surface area contributed by atoms with Crippen molar-refractivity contribution in [3.8, 4) is 11.8 Å². The predicted octanol–water partition coefficient (Wildman–Crippen LogP) is 3.42. The molecule has 146 valence electrons. The predicted molar refractivity (Wildman–Crippen MR) is 93.1 cm³/mol. The number of pyridine rings is 1. The number of halogens is 3. The molecule has 0 atom stereocenters. The Hall–Kier alpha value is -3.26. The highest BCUT2D eigenvalue weighted by Gasteiger charge is 2.35. The molecule has 1 amide bonds. The molecule has 0 bridgehead atoms. The van der Waals surface area contributed by atoms with Crippen LogP contribution in [0.25, 0.3) is 0 Å². The van der Waals surface area contributed by atoms with Gasteiger partial charge in [-0.25, -0.2) is 9.78 Å². The molecule has 0 radical (unpaired) electrons. The number of aromatic carboxylic acids is 1. The quantitative estimate of drug-likeness (QED) is 0.509. The van der Waals surface area contributed by atoms with Gasteiger partial charge in [-0.2, -0.15) is 18.4 Å². The molecular formula is C17H12F3N3O4S. The van der Waals surface area contributed by atoms with Crippen LogP contribution in [0.5, 0.6) is 5.75 Å². The number of carbonyl (C=O) groups is 2. The number of alkyl halides is 3. The molecule has 0 aliphatic carbocycles. The zero-order valence-electron chi connectivity index (χ0n) is 14.2. The standard InChI is InChI=1S/C17H12F3N3O4S/c1-8-4-12(17(18,19)20)11(6-21)15(22-8)28-7-14(25)23-9-2-3-13(24)10(5-9)16(26)27/h2-5,24H,7H2,1H3,(H,23,25)(H,26,27). The van der Waals surface area contributed by atoms with E-state index in [4.69, 9.17) is 10.4 Å². The van der Waals surface area contributed by atoms with Crippen molar-refractivity contribution in [1.82, 2.24) is 4.98 Å². The maximum Gasteiger partial charge on any atom is 0.417 e. The Bertz CT molecular complexity index is 987. The van der Waals surface area contributed by atoms with Gasteiger partial charge >= 0.3 is 12.1 Å². The number of aromatic nitrogens is 1. The van der Waals surface area contributed by atoms with Crippen molar-refractivity contribution in [3.63, 3.8) is 0 Å². The number of hydrogen-bond acceptors (Lipinski definition) is 6. The summed E-state index contributed by atoms with van der Waals surface area (Å²) in [4.78, 5) is 26.9. The number of phenols is 1. The molecule has 0 saturated heterocycles. The number of aromatic hydroxyl groups is 1. The fourth-order valence-electron chi connectivity index (χ4n) is 2.20. The fourth-order valence-corrected chi connectivity index (χ4v) is 3.05. The van der Waals surface area contributed by atoms with Crippen LogP contribution < -0.4 is 5.32 Å². The monoisotopic (exact) mass is 411 g/mol. The van der Waals surface area contributed by atoms with Crippen molar-refractivity contribution in [1.29, 1.82) is 5.26 Å². The van der Waals surface area contributed by atoms with Gasteiger partial charge in [0.25, 0.3) is 0 Å². The molecule has 7 nitrogen and oxygen atoms in total. The van der Waals surface area contributed by atoms with Crippen LogP contribution in [0.3, 0.4) is 0 Å². The number of carboxylic acids is 1. The maximum absolute atomic E-state index is 13.1. The van der Waals surface area contributed by atoms with E-state index in [1.807, 2.05) is 0 Å². The van der Waals surface area contributed by atoms with E-state index in [-0.39, 0.29) is 22.2 Å². The molecule has 28 heavy (non-hydrogen) atoms. The summed E-state index contributed by atoms with van der Waals surface area (Å²) < 4.78 is 39.2. The zero-order valence-corrected chi connectivity index (χ0v) is 15.0. The third-order valence-electron chi connectivity index (χ3n) is 3.38. The van der Waals surface area contributed by atoms with E-state index in [0.29, 0.717) is 11.8 Å². The second-order valence-electron chi connectivity index (χ2n) is 5.47. The van der Waals surface area contributed by atoms with Crippen molar-refractivity contribution in [2.24, 2.45) is 0 Å². The van der Waals surface area contributed by atoms with E-state index in [1.54, 1.807) is 0 Å². The van der Waals surface area contributed by atoms with Crippen molar-refractivity contribution in [3.05, 3.63) is 46.6 Å². The third kappa shape index (κ3) is 4.92. The number of nitrogens with one attached hydrogen (secondary N) is 1. The molecule has 0 fully saturated rings. The molecule has 2 aromatic rings. The van der Waals surface area contributed by atoms with Crippen LogP contribution in [0.1, 0.15) is 27.2 Å². The summed E-state index contributed by atoms with van der Waals surface area (Å²) in [7, 11) is 0. The van der Waals surface area contributed by atoms with Gasteiger partial charge in [0, 0.05) is 11.4 Å². The zero-order chi connectivity index (χ0) is 21.1. The minimum Gasteiger partial charge on any atom is -0.507 e. The first-order chi connectivity index (χ1) is 13.0. The van der Waals surface area contributed by atoms with Gasteiger partial charge in [-0.15, -0.1) is 0 Å². The second kappa shape index (κ2) is 8.18. The van der Waals surface area contributed by atoms with Gasteiger partial charge < -0.3 is 15.5 Å². The molecule has 1 aromatic carbocycles. The number of aryl methyl sites for hydroxylation is 1. The molecule has 0 aliphatic heterocycles. The summed E-state index contributed by atoms with van der Waals surface area (Å²) in [5, 5.41) is 29.6. The normalized spacial score (nSPS) is 11.0.